The van der Waals surface area contributed by atoms with Crippen LogP contribution in [0.5, 0.6) is 5.75 Å². The van der Waals surface area contributed by atoms with Crippen molar-refractivity contribution in [1.82, 2.24) is 20.1 Å². The zero-order valence-electron chi connectivity index (χ0n) is 12.9. The number of carbonyl (C=O) groups is 1. The lowest BCUT2D eigenvalue weighted by atomic mass is 10.2. The minimum Gasteiger partial charge on any atom is -0.491 e. The summed E-state index contributed by atoms with van der Waals surface area (Å²) in [5.74, 6) is 0.446. The van der Waals surface area contributed by atoms with Gasteiger partial charge in [0.2, 0.25) is 0 Å². The number of rotatable bonds is 9. The van der Waals surface area contributed by atoms with Crippen molar-refractivity contribution in [3.8, 4) is 5.75 Å². The molecule has 0 saturated heterocycles. The van der Waals surface area contributed by atoms with E-state index in [0.29, 0.717) is 44.0 Å². The highest BCUT2D eigenvalue weighted by molar-refractivity contribution is 5.94. The Morgan fingerprint density at radius 3 is 3.00 bits per heavy atom. The summed E-state index contributed by atoms with van der Waals surface area (Å²) in [5.41, 5.74) is 0.276. The number of hydrogen-bond donors (Lipinski definition) is 2. The van der Waals surface area contributed by atoms with Crippen LogP contribution in [0.15, 0.2) is 35.4 Å². The number of aromatic nitrogens is 3. The molecule has 2 N–H and O–H groups in total. The smallest absolute Gasteiger partial charge is 0.343 e. The largest absolute Gasteiger partial charge is 0.491 e. The van der Waals surface area contributed by atoms with Gasteiger partial charge < -0.3 is 14.8 Å². The van der Waals surface area contributed by atoms with E-state index in [9.17, 15) is 9.59 Å². The van der Waals surface area contributed by atoms with Crippen LogP contribution in [-0.2, 0) is 11.3 Å². The summed E-state index contributed by atoms with van der Waals surface area (Å²) >= 11 is 0. The maximum Gasteiger partial charge on any atom is 0.343 e. The molecule has 1 aromatic carbocycles. The van der Waals surface area contributed by atoms with Gasteiger partial charge in [0.15, 0.2) is 0 Å². The van der Waals surface area contributed by atoms with Gasteiger partial charge in [-0.05, 0) is 24.6 Å². The van der Waals surface area contributed by atoms with Crippen LogP contribution in [-0.4, -0.2) is 47.5 Å². The number of aromatic amines is 1. The molecule has 0 saturated carbocycles. The van der Waals surface area contributed by atoms with Crippen LogP contribution in [0.4, 0.5) is 0 Å². The molecule has 0 spiro atoms. The third-order valence-corrected chi connectivity index (χ3v) is 3.13. The summed E-state index contributed by atoms with van der Waals surface area (Å²) in [5, 5.41) is 8.77. The first-order valence-electron chi connectivity index (χ1n) is 7.30. The molecule has 2 aromatic rings. The third-order valence-electron chi connectivity index (χ3n) is 3.13. The highest BCUT2D eigenvalue weighted by atomic mass is 16.5. The summed E-state index contributed by atoms with van der Waals surface area (Å²) in [4.78, 5) is 23.3. The summed E-state index contributed by atoms with van der Waals surface area (Å²) < 4.78 is 11.8. The Kier molecular flexibility index (Phi) is 6.37. The van der Waals surface area contributed by atoms with Crippen LogP contribution in [0.3, 0.4) is 0 Å². The lowest BCUT2D eigenvalue weighted by Gasteiger charge is -2.08. The van der Waals surface area contributed by atoms with Gasteiger partial charge in [0.25, 0.3) is 5.91 Å². The number of H-pyrrole nitrogens is 1. The van der Waals surface area contributed by atoms with Crippen LogP contribution in [0.1, 0.15) is 16.8 Å². The Labute approximate surface area is 133 Å². The third kappa shape index (κ3) is 5.26. The van der Waals surface area contributed by atoms with Gasteiger partial charge in [-0.3, -0.25) is 9.36 Å². The van der Waals surface area contributed by atoms with Gasteiger partial charge in [-0.1, -0.05) is 6.07 Å². The zero-order chi connectivity index (χ0) is 16.5. The number of methoxy groups -OCH3 is 1. The standard InChI is InChI=1S/C15H20N4O4/c1-22-8-9-23-13-5-2-4-12(10-13)14(20)16-6-3-7-19-11-17-18-15(19)21/h2,4-5,10-11H,3,6-9H2,1H3,(H,16,20)(H,18,21). The molecule has 2 rings (SSSR count). The SMILES string of the molecule is COCCOc1cccc(C(=O)NCCCn2cn[nH]c2=O)c1. The molecule has 0 atom stereocenters. The number of ether oxygens (including phenoxy) is 2. The zero-order valence-corrected chi connectivity index (χ0v) is 12.9. The fourth-order valence-corrected chi connectivity index (χ4v) is 1.95. The molecule has 23 heavy (non-hydrogen) atoms. The second-order valence-corrected chi connectivity index (χ2v) is 4.83. The minimum atomic E-state index is -0.253. The number of benzene rings is 1. The summed E-state index contributed by atoms with van der Waals surface area (Å²) in [7, 11) is 1.60. The quantitative estimate of drug-likeness (QED) is 0.652. The molecule has 0 radical (unpaired) electrons. The van der Waals surface area contributed by atoms with E-state index in [1.807, 2.05) is 0 Å². The summed E-state index contributed by atoms with van der Waals surface area (Å²) in [6.07, 6.45) is 2.07. The average Bonchev–Trinajstić information content (AvgIpc) is 2.97. The van der Waals surface area contributed by atoms with Gasteiger partial charge in [-0.15, -0.1) is 0 Å². The lowest BCUT2D eigenvalue weighted by molar-refractivity contribution is 0.0952. The monoisotopic (exact) mass is 320 g/mol. The maximum atomic E-state index is 12.1. The molecular weight excluding hydrogens is 300 g/mol. The van der Waals surface area contributed by atoms with E-state index in [-0.39, 0.29) is 11.6 Å². The molecule has 0 aliphatic rings. The first-order valence-corrected chi connectivity index (χ1v) is 7.30. The summed E-state index contributed by atoms with van der Waals surface area (Å²) in [6, 6.07) is 6.96. The van der Waals surface area contributed by atoms with Gasteiger partial charge in [0, 0.05) is 25.8 Å². The molecule has 8 heteroatoms. The van der Waals surface area contributed by atoms with Crippen molar-refractivity contribution in [2.45, 2.75) is 13.0 Å². The Morgan fingerprint density at radius 1 is 1.39 bits per heavy atom. The Hall–Kier alpha value is -2.61. The van der Waals surface area contributed by atoms with Crippen molar-refractivity contribution >= 4 is 5.91 Å². The number of hydrogen-bond acceptors (Lipinski definition) is 5. The van der Waals surface area contributed by atoms with E-state index in [1.165, 1.54) is 10.9 Å². The number of nitrogens with zero attached hydrogens (tertiary/aromatic N) is 2. The van der Waals surface area contributed by atoms with Crippen molar-refractivity contribution in [3.63, 3.8) is 0 Å². The van der Waals surface area contributed by atoms with E-state index in [4.69, 9.17) is 9.47 Å². The molecule has 124 valence electrons. The maximum absolute atomic E-state index is 12.1. The lowest BCUT2D eigenvalue weighted by Crippen LogP contribution is -2.26. The van der Waals surface area contributed by atoms with Crippen LogP contribution >= 0.6 is 0 Å². The molecule has 8 nitrogen and oxygen atoms in total. The van der Waals surface area contributed by atoms with Crippen LogP contribution in [0.25, 0.3) is 0 Å². The van der Waals surface area contributed by atoms with Crippen molar-refractivity contribution < 1.29 is 14.3 Å². The van der Waals surface area contributed by atoms with E-state index >= 15 is 0 Å². The van der Waals surface area contributed by atoms with Gasteiger partial charge in [-0.25, -0.2) is 9.89 Å². The van der Waals surface area contributed by atoms with Gasteiger partial charge >= 0.3 is 5.69 Å². The first-order chi connectivity index (χ1) is 11.2. The van der Waals surface area contributed by atoms with Crippen molar-refractivity contribution in [2.24, 2.45) is 0 Å². The Morgan fingerprint density at radius 2 is 2.26 bits per heavy atom. The van der Waals surface area contributed by atoms with Crippen molar-refractivity contribution in [1.29, 1.82) is 0 Å². The topological polar surface area (TPSA) is 98.2 Å². The van der Waals surface area contributed by atoms with Crippen molar-refractivity contribution in [2.75, 3.05) is 26.9 Å². The van der Waals surface area contributed by atoms with E-state index in [0.717, 1.165) is 0 Å². The fourth-order valence-electron chi connectivity index (χ4n) is 1.95. The van der Waals surface area contributed by atoms with E-state index in [2.05, 4.69) is 15.5 Å². The molecule has 0 fully saturated rings. The highest BCUT2D eigenvalue weighted by Crippen LogP contribution is 2.13. The van der Waals surface area contributed by atoms with Gasteiger partial charge in [0.05, 0.1) is 6.61 Å². The molecule has 0 bridgehead atoms. The first kappa shape index (κ1) is 16.8. The highest BCUT2D eigenvalue weighted by Gasteiger charge is 2.06. The van der Waals surface area contributed by atoms with E-state index in [1.54, 1.807) is 31.4 Å². The van der Waals surface area contributed by atoms with Crippen molar-refractivity contribution in [3.05, 3.63) is 46.6 Å². The number of nitrogens with one attached hydrogen (secondary N) is 2. The van der Waals surface area contributed by atoms with Crippen LogP contribution in [0, 0.1) is 0 Å². The normalized spacial score (nSPS) is 10.5. The average molecular weight is 320 g/mol. The number of amides is 1. The van der Waals surface area contributed by atoms with Crippen LogP contribution in [0.2, 0.25) is 0 Å². The van der Waals surface area contributed by atoms with Gasteiger partial charge in [-0.2, -0.15) is 5.10 Å². The second kappa shape index (κ2) is 8.74. The second-order valence-electron chi connectivity index (χ2n) is 4.83. The molecule has 1 amide bonds. The molecule has 1 aromatic heterocycles. The fraction of sp³-hybridized carbons (Fsp3) is 0.400. The summed E-state index contributed by atoms with van der Waals surface area (Å²) in [6.45, 7) is 1.88. The minimum absolute atomic E-state index is 0.179. The molecule has 0 aliphatic carbocycles. The van der Waals surface area contributed by atoms with E-state index < -0.39 is 0 Å². The number of aryl methyl sites for hydroxylation is 1. The predicted molar refractivity (Wildman–Crippen MR) is 83.6 cm³/mol. The Balaban J connectivity index is 1.77. The molecule has 0 unspecified atom stereocenters. The molecular formula is C15H20N4O4. The molecule has 1 heterocycles. The Bertz CT molecular complexity index is 680. The van der Waals surface area contributed by atoms with Gasteiger partial charge in [0.1, 0.15) is 18.7 Å². The number of carbonyl (C=O) groups excluding carboxylic acids is 1. The predicted octanol–water partition coefficient (Wildman–Crippen LogP) is 0.417. The van der Waals surface area contributed by atoms with Crippen LogP contribution < -0.4 is 15.7 Å². The molecule has 0 aliphatic heterocycles.